The van der Waals surface area contributed by atoms with Gasteiger partial charge in [-0.15, -0.1) is 0 Å². The first-order chi connectivity index (χ1) is 8.28. The second-order valence-corrected chi connectivity index (χ2v) is 6.04. The molecule has 0 bridgehead atoms. The molecule has 104 valence electrons. The number of hydrogen-bond donors (Lipinski definition) is 2. The summed E-state index contributed by atoms with van der Waals surface area (Å²) in [4.78, 5) is 24.2. The van der Waals surface area contributed by atoms with Crippen molar-refractivity contribution in [1.82, 2.24) is 10.2 Å². The molecule has 5 nitrogen and oxygen atoms in total. The maximum absolute atomic E-state index is 11.9. The molecule has 0 unspecified atom stereocenters. The number of nitrogens with zero attached hydrogens (tertiary/aromatic N) is 1. The first-order valence-corrected chi connectivity index (χ1v) is 6.57. The number of urea groups is 1. The Labute approximate surface area is 109 Å². The van der Waals surface area contributed by atoms with Crippen molar-refractivity contribution in [2.24, 2.45) is 5.92 Å². The maximum Gasteiger partial charge on any atom is 0.317 e. The van der Waals surface area contributed by atoms with Crippen LogP contribution in [-0.2, 0) is 4.79 Å². The second kappa shape index (κ2) is 6.07. The topological polar surface area (TPSA) is 69.6 Å². The van der Waals surface area contributed by atoms with Crippen molar-refractivity contribution >= 4 is 12.0 Å². The summed E-state index contributed by atoms with van der Waals surface area (Å²) in [7, 11) is 0. The van der Waals surface area contributed by atoms with Crippen LogP contribution in [0.15, 0.2) is 0 Å². The second-order valence-electron chi connectivity index (χ2n) is 6.04. The Morgan fingerprint density at radius 2 is 1.83 bits per heavy atom. The average molecular weight is 256 g/mol. The number of carbonyl (C=O) groups excluding carboxylic acids is 1. The molecule has 1 aliphatic rings. The lowest BCUT2D eigenvalue weighted by Gasteiger charge is -2.34. The fourth-order valence-electron chi connectivity index (χ4n) is 2.15. The van der Waals surface area contributed by atoms with Gasteiger partial charge in [0.15, 0.2) is 0 Å². The van der Waals surface area contributed by atoms with Crippen molar-refractivity contribution in [3.05, 3.63) is 0 Å². The predicted molar refractivity (Wildman–Crippen MR) is 69.5 cm³/mol. The Morgan fingerprint density at radius 1 is 1.28 bits per heavy atom. The van der Waals surface area contributed by atoms with Gasteiger partial charge in [-0.05, 0) is 46.0 Å². The van der Waals surface area contributed by atoms with E-state index in [1.165, 1.54) is 0 Å². The number of nitrogens with one attached hydrogen (secondary N) is 1. The first kappa shape index (κ1) is 14.8. The highest BCUT2D eigenvalue weighted by atomic mass is 16.4. The van der Waals surface area contributed by atoms with Crippen LogP contribution in [0.2, 0.25) is 0 Å². The van der Waals surface area contributed by atoms with Gasteiger partial charge in [0, 0.05) is 25.0 Å². The summed E-state index contributed by atoms with van der Waals surface area (Å²) in [5.41, 5.74) is -0.211. The fourth-order valence-corrected chi connectivity index (χ4v) is 2.15. The molecule has 0 radical (unpaired) electrons. The summed E-state index contributed by atoms with van der Waals surface area (Å²) in [6, 6.07) is -0.0146. The van der Waals surface area contributed by atoms with Crippen molar-refractivity contribution in [2.45, 2.75) is 52.0 Å². The fraction of sp³-hybridized carbons (Fsp3) is 0.846. The summed E-state index contributed by atoms with van der Waals surface area (Å²) < 4.78 is 0. The molecule has 0 aliphatic carbocycles. The van der Waals surface area contributed by atoms with Crippen LogP contribution < -0.4 is 5.32 Å². The van der Waals surface area contributed by atoms with Gasteiger partial charge in [-0.3, -0.25) is 4.79 Å². The highest BCUT2D eigenvalue weighted by Crippen LogP contribution is 2.22. The van der Waals surface area contributed by atoms with Gasteiger partial charge in [-0.2, -0.15) is 0 Å². The molecule has 0 aromatic heterocycles. The molecular weight excluding hydrogens is 232 g/mol. The maximum atomic E-state index is 11.9. The molecule has 0 aromatic rings. The first-order valence-electron chi connectivity index (χ1n) is 6.57. The van der Waals surface area contributed by atoms with Crippen molar-refractivity contribution < 1.29 is 14.7 Å². The van der Waals surface area contributed by atoms with Gasteiger partial charge in [-0.25, -0.2) is 4.79 Å². The zero-order valence-corrected chi connectivity index (χ0v) is 11.5. The summed E-state index contributed by atoms with van der Waals surface area (Å²) in [6.45, 7) is 7.35. The van der Waals surface area contributed by atoms with E-state index in [1.807, 2.05) is 25.7 Å². The van der Waals surface area contributed by atoms with Gasteiger partial charge >= 0.3 is 12.0 Å². The summed E-state index contributed by atoms with van der Waals surface area (Å²) in [6.07, 6.45) is 2.78. The third-order valence-corrected chi connectivity index (χ3v) is 3.15. The van der Waals surface area contributed by atoms with Gasteiger partial charge in [-0.1, -0.05) is 0 Å². The molecule has 0 spiro atoms. The van der Waals surface area contributed by atoms with E-state index in [9.17, 15) is 9.59 Å². The Morgan fingerprint density at radius 3 is 2.28 bits per heavy atom. The molecule has 0 saturated carbocycles. The number of likely N-dealkylation sites (tertiary alicyclic amines) is 1. The molecule has 1 fully saturated rings. The highest BCUT2D eigenvalue weighted by molar-refractivity contribution is 5.75. The van der Waals surface area contributed by atoms with Crippen LogP contribution in [-0.4, -0.2) is 40.6 Å². The van der Waals surface area contributed by atoms with E-state index >= 15 is 0 Å². The molecule has 0 atom stereocenters. The van der Waals surface area contributed by atoms with Gasteiger partial charge in [0.25, 0.3) is 0 Å². The Bertz CT molecular complexity index is 302. The minimum Gasteiger partial charge on any atom is -0.481 e. The number of carboxylic acid groups (broad SMARTS) is 1. The van der Waals surface area contributed by atoms with Crippen LogP contribution in [0.1, 0.15) is 46.5 Å². The minimum absolute atomic E-state index is 0.0146. The SMILES string of the molecule is CC(C)(C)NC(=O)N1CCC(CCC(=O)O)CC1. The number of rotatable bonds is 3. The van der Waals surface area contributed by atoms with E-state index < -0.39 is 5.97 Å². The van der Waals surface area contributed by atoms with E-state index in [4.69, 9.17) is 5.11 Å². The van der Waals surface area contributed by atoms with Crippen LogP contribution in [0.25, 0.3) is 0 Å². The Balaban J connectivity index is 2.30. The Hall–Kier alpha value is -1.26. The molecule has 5 heteroatoms. The quantitative estimate of drug-likeness (QED) is 0.812. The largest absolute Gasteiger partial charge is 0.481 e. The smallest absolute Gasteiger partial charge is 0.317 e. The van der Waals surface area contributed by atoms with Crippen molar-refractivity contribution in [1.29, 1.82) is 0 Å². The van der Waals surface area contributed by atoms with E-state index in [2.05, 4.69) is 5.32 Å². The third kappa shape index (κ3) is 5.38. The van der Waals surface area contributed by atoms with Crippen LogP contribution in [0, 0.1) is 5.92 Å². The molecule has 2 N–H and O–H groups in total. The van der Waals surface area contributed by atoms with Gasteiger partial charge in [0.05, 0.1) is 0 Å². The predicted octanol–water partition coefficient (Wildman–Crippen LogP) is 2.07. The molecule has 1 heterocycles. The number of carbonyl (C=O) groups is 2. The zero-order chi connectivity index (χ0) is 13.8. The lowest BCUT2D eigenvalue weighted by Crippen LogP contribution is -2.50. The molecule has 18 heavy (non-hydrogen) atoms. The van der Waals surface area contributed by atoms with Gasteiger partial charge in [0.1, 0.15) is 0 Å². The summed E-state index contributed by atoms with van der Waals surface area (Å²) in [5.74, 6) is -0.289. The standard InChI is InChI=1S/C13H24N2O3/c1-13(2,3)14-12(18)15-8-6-10(7-9-15)4-5-11(16)17/h10H,4-9H2,1-3H3,(H,14,18)(H,16,17). The van der Waals surface area contributed by atoms with E-state index in [-0.39, 0.29) is 18.0 Å². The molecule has 1 saturated heterocycles. The number of aliphatic carboxylic acids is 1. The number of hydrogen-bond acceptors (Lipinski definition) is 2. The van der Waals surface area contributed by atoms with Crippen LogP contribution in [0.5, 0.6) is 0 Å². The van der Waals surface area contributed by atoms with E-state index in [0.29, 0.717) is 5.92 Å². The summed E-state index contributed by atoms with van der Waals surface area (Å²) >= 11 is 0. The number of carboxylic acids is 1. The highest BCUT2D eigenvalue weighted by Gasteiger charge is 2.25. The lowest BCUT2D eigenvalue weighted by atomic mass is 9.92. The van der Waals surface area contributed by atoms with Crippen molar-refractivity contribution in [3.8, 4) is 0 Å². The molecule has 2 amide bonds. The van der Waals surface area contributed by atoms with Crippen LogP contribution in [0.3, 0.4) is 0 Å². The third-order valence-electron chi connectivity index (χ3n) is 3.15. The monoisotopic (exact) mass is 256 g/mol. The molecule has 1 aliphatic heterocycles. The van der Waals surface area contributed by atoms with Crippen molar-refractivity contribution in [3.63, 3.8) is 0 Å². The molecule has 0 aromatic carbocycles. The lowest BCUT2D eigenvalue weighted by molar-refractivity contribution is -0.137. The van der Waals surface area contributed by atoms with Gasteiger partial charge < -0.3 is 15.3 Å². The minimum atomic E-state index is -0.733. The molecular formula is C13H24N2O3. The average Bonchev–Trinajstić information content (AvgIpc) is 2.24. The number of piperidine rings is 1. The zero-order valence-electron chi connectivity index (χ0n) is 11.5. The normalized spacial score (nSPS) is 17.6. The van der Waals surface area contributed by atoms with Gasteiger partial charge in [0.2, 0.25) is 0 Å². The molecule has 1 rings (SSSR count). The van der Waals surface area contributed by atoms with Crippen LogP contribution in [0.4, 0.5) is 4.79 Å². The van der Waals surface area contributed by atoms with E-state index in [1.54, 1.807) is 0 Å². The Kier molecular flexibility index (Phi) is 4.99. The summed E-state index contributed by atoms with van der Waals surface area (Å²) in [5, 5.41) is 11.6. The van der Waals surface area contributed by atoms with E-state index in [0.717, 1.165) is 32.4 Å². The number of amides is 2. The van der Waals surface area contributed by atoms with Crippen LogP contribution >= 0.6 is 0 Å². The van der Waals surface area contributed by atoms with Crippen molar-refractivity contribution in [2.75, 3.05) is 13.1 Å².